The third-order valence-electron chi connectivity index (χ3n) is 2.31. The summed E-state index contributed by atoms with van der Waals surface area (Å²) < 4.78 is 0. The molecule has 0 saturated carbocycles. The Balaban J connectivity index is 2.26. The summed E-state index contributed by atoms with van der Waals surface area (Å²) in [6.45, 7) is 6.18. The highest BCUT2D eigenvalue weighted by Gasteiger charge is 2.36. The quantitative estimate of drug-likeness (QED) is 0.788. The van der Waals surface area contributed by atoms with Crippen LogP contribution in [0.25, 0.3) is 0 Å². The minimum Gasteiger partial charge on any atom is -0.286 e. The molecular formula is C11H13N3OS2. The van der Waals surface area contributed by atoms with Gasteiger partial charge in [-0.2, -0.15) is 4.99 Å². The van der Waals surface area contributed by atoms with Gasteiger partial charge >= 0.3 is 0 Å². The Morgan fingerprint density at radius 3 is 3.12 bits per heavy atom. The standard InChI is InChI=1S/C11H13N3OS2/c1-3-6-14-9(15)8(4-2)17-11(14)13-10-12-5-7-16-10/h3,5,7-8H,1,4,6H2,2H3/b13-11+. The first-order chi connectivity index (χ1) is 8.26. The van der Waals surface area contributed by atoms with E-state index in [-0.39, 0.29) is 11.2 Å². The van der Waals surface area contributed by atoms with Crippen molar-refractivity contribution in [1.82, 2.24) is 9.88 Å². The van der Waals surface area contributed by atoms with E-state index < -0.39 is 0 Å². The van der Waals surface area contributed by atoms with Crippen molar-refractivity contribution in [3.05, 3.63) is 24.2 Å². The zero-order valence-electron chi connectivity index (χ0n) is 9.50. The van der Waals surface area contributed by atoms with Crippen LogP contribution in [0.2, 0.25) is 0 Å². The zero-order valence-corrected chi connectivity index (χ0v) is 11.1. The normalized spacial score (nSPS) is 22.4. The summed E-state index contributed by atoms with van der Waals surface area (Å²) in [5.41, 5.74) is 0. The molecule has 4 nitrogen and oxygen atoms in total. The molecule has 2 heterocycles. The van der Waals surface area contributed by atoms with Gasteiger partial charge in [0, 0.05) is 18.1 Å². The lowest BCUT2D eigenvalue weighted by Crippen LogP contribution is -2.31. The van der Waals surface area contributed by atoms with E-state index >= 15 is 0 Å². The van der Waals surface area contributed by atoms with Crippen molar-refractivity contribution in [2.24, 2.45) is 4.99 Å². The summed E-state index contributed by atoms with van der Waals surface area (Å²) in [5.74, 6) is 0.118. The number of thioether (sulfide) groups is 1. The number of hydrogen-bond donors (Lipinski definition) is 0. The minimum absolute atomic E-state index is 0.0198. The molecule has 0 aromatic carbocycles. The molecule has 0 bridgehead atoms. The Bertz CT molecular complexity index is 442. The number of hydrogen-bond acceptors (Lipinski definition) is 5. The Labute approximate surface area is 108 Å². The fourth-order valence-electron chi connectivity index (χ4n) is 1.50. The Kier molecular flexibility index (Phi) is 3.96. The molecule has 1 amide bonds. The molecule has 1 aromatic heterocycles. The maximum absolute atomic E-state index is 12.0. The van der Waals surface area contributed by atoms with Crippen LogP contribution in [0.3, 0.4) is 0 Å². The van der Waals surface area contributed by atoms with Gasteiger partial charge < -0.3 is 0 Å². The van der Waals surface area contributed by atoms with Crippen LogP contribution in [0.4, 0.5) is 5.13 Å². The fourth-order valence-corrected chi connectivity index (χ4v) is 3.15. The molecule has 0 radical (unpaired) electrons. The SMILES string of the molecule is C=CCN1C(=O)C(CC)S/C1=N/c1nccs1. The summed E-state index contributed by atoms with van der Waals surface area (Å²) in [5, 5.41) is 3.27. The van der Waals surface area contributed by atoms with Crippen LogP contribution in [0.1, 0.15) is 13.3 Å². The van der Waals surface area contributed by atoms with Gasteiger partial charge in [-0.25, -0.2) is 4.98 Å². The highest BCUT2D eigenvalue weighted by molar-refractivity contribution is 8.15. The van der Waals surface area contributed by atoms with Gasteiger partial charge in [-0.1, -0.05) is 24.8 Å². The number of aliphatic imine (C=N–C) groups is 1. The van der Waals surface area contributed by atoms with E-state index in [2.05, 4.69) is 16.6 Å². The van der Waals surface area contributed by atoms with Crippen LogP contribution in [-0.4, -0.2) is 32.8 Å². The summed E-state index contributed by atoms with van der Waals surface area (Å²) >= 11 is 2.97. The van der Waals surface area contributed by atoms with Gasteiger partial charge in [0.25, 0.3) is 0 Å². The molecule has 0 N–H and O–H groups in total. The predicted molar refractivity (Wildman–Crippen MR) is 72.8 cm³/mol. The molecule has 1 saturated heterocycles. The van der Waals surface area contributed by atoms with Gasteiger partial charge in [-0.3, -0.25) is 9.69 Å². The maximum atomic E-state index is 12.0. The van der Waals surface area contributed by atoms with Crippen LogP contribution >= 0.6 is 23.1 Å². The lowest BCUT2D eigenvalue weighted by Gasteiger charge is -2.12. The van der Waals surface area contributed by atoms with E-state index in [0.29, 0.717) is 11.7 Å². The summed E-state index contributed by atoms with van der Waals surface area (Å²) in [6.07, 6.45) is 4.24. The monoisotopic (exact) mass is 267 g/mol. The van der Waals surface area contributed by atoms with Crippen LogP contribution < -0.4 is 0 Å². The maximum Gasteiger partial charge on any atom is 0.242 e. The van der Waals surface area contributed by atoms with E-state index in [1.807, 2.05) is 12.3 Å². The zero-order chi connectivity index (χ0) is 12.3. The number of aromatic nitrogens is 1. The molecule has 2 rings (SSSR count). The lowest BCUT2D eigenvalue weighted by atomic mass is 10.3. The first kappa shape index (κ1) is 12.3. The van der Waals surface area contributed by atoms with E-state index in [0.717, 1.165) is 11.6 Å². The van der Waals surface area contributed by atoms with Crippen molar-refractivity contribution >= 4 is 39.3 Å². The molecule has 1 aliphatic rings. The van der Waals surface area contributed by atoms with Gasteiger partial charge in [-0.15, -0.1) is 17.9 Å². The molecular weight excluding hydrogens is 254 g/mol. The van der Waals surface area contributed by atoms with E-state index in [9.17, 15) is 4.79 Å². The largest absolute Gasteiger partial charge is 0.286 e. The second kappa shape index (κ2) is 5.46. The van der Waals surface area contributed by atoms with Crippen molar-refractivity contribution < 1.29 is 4.79 Å². The first-order valence-electron chi connectivity index (χ1n) is 5.33. The van der Waals surface area contributed by atoms with E-state index in [4.69, 9.17) is 0 Å². The Morgan fingerprint density at radius 1 is 1.71 bits per heavy atom. The number of carbonyl (C=O) groups excluding carboxylic acids is 1. The van der Waals surface area contributed by atoms with Gasteiger partial charge in [-0.05, 0) is 6.42 Å². The summed E-state index contributed by atoms with van der Waals surface area (Å²) in [6, 6.07) is 0. The second-order valence-electron chi connectivity index (χ2n) is 3.46. The number of amides is 1. The van der Waals surface area contributed by atoms with Crippen LogP contribution in [0.5, 0.6) is 0 Å². The van der Waals surface area contributed by atoms with Crippen molar-refractivity contribution in [2.45, 2.75) is 18.6 Å². The van der Waals surface area contributed by atoms with Gasteiger partial charge in [0.15, 0.2) is 5.17 Å². The highest BCUT2D eigenvalue weighted by Crippen LogP contribution is 2.31. The number of carbonyl (C=O) groups is 1. The number of nitrogens with zero attached hydrogens (tertiary/aromatic N) is 3. The smallest absolute Gasteiger partial charge is 0.242 e. The molecule has 1 atom stereocenters. The average molecular weight is 267 g/mol. The molecule has 0 aliphatic carbocycles. The first-order valence-corrected chi connectivity index (χ1v) is 7.09. The van der Waals surface area contributed by atoms with Crippen LogP contribution in [0.15, 0.2) is 29.2 Å². The molecule has 6 heteroatoms. The third kappa shape index (κ3) is 2.58. The third-order valence-corrected chi connectivity index (χ3v) is 4.32. The van der Waals surface area contributed by atoms with Gasteiger partial charge in [0.05, 0.1) is 5.25 Å². The van der Waals surface area contributed by atoms with Crippen molar-refractivity contribution in [1.29, 1.82) is 0 Å². The molecule has 0 spiro atoms. The number of amidine groups is 1. The van der Waals surface area contributed by atoms with Gasteiger partial charge in [0.2, 0.25) is 11.0 Å². The number of thiazole rings is 1. The lowest BCUT2D eigenvalue weighted by molar-refractivity contribution is -0.125. The second-order valence-corrected chi connectivity index (χ2v) is 5.50. The fraction of sp³-hybridized carbons (Fsp3) is 0.364. The summed E-state index contributed by atoms with van der Waals surface area (Å²) in [7, 11) is 0. The number of rotatable bonds is 4. The Hall–Kier alpha value is -1.14. The molecule has 17 heavy (non-hydrogen) atoms. The molecule has 1 unspecified atom stereocenters. The molecule has 90 valence electrons. The van der Waals surface area contributed by atoms with Crippen LogP contribution in [-0.2, 0) is 4.79 Å². The average Bonchev–Trinajstić information content (AvgIpc) is 2.92. The van der Waals surface area contributed by atoms with E-state index in [1.165, 1.54) is 23.1 Å². The predicted octanol–water partition coefficient (Wildman–Crippen LogP) is 2.67. The summed E-state index contributed by atoms with van der Waals surface area (Å²) in [4.78, 5) is 22.2. The van der Waals surface area contributed by atoms with E-state index in [1.54, 1.807) is 17.2 Å². The van der Waals surface area contributed by atoms with Crippen molar-refractivity contribution in [2.75, 3.05) is 6.54 Å². The highest BCUT2D eigenvalue weighted by atomic mass is 32.2. The molecule has 1 aromatic rings. The van der Waals surface area contributed by atoms with Crippen molar-refractivity contribution in [3.63, 3.8) is 0 Å². The van der Waals surface area contributed by atoms with Gasteiger partial charge in [0.1, 0.15) is 0 Å². The topological polar surface area (TPSA) is 45.6 Å². The van der Waals surface area contributed by atoms with Crippen LogP contribution in [0, 0.1) is 0 Å². The van der Waals surface area contributed by atoms with Crippen molar-refractivity contribution in [3.8, 4) is 0 Å². The molecule has 1 fully saturated rings. The minimum atomic E-state index is -0.0198. The Morgan fingerprint density at radius 2 is 2.53 bits per heavy atom. The molecule has 1 aliphatic heterocycles.